The number of rotatable bonds is 2. The molecular formula is C12H13N3O3. The predicted molar refractivity (Wildman–Crippen MR) is 66.3 cm³/mol. The fraction of sp³-hybridized carbons (Fsp3) is 0.250. The highest BCUT2D eigenvalue weighted by Crippen LogP contribution is 2.24. The van der Waals surface area contributed by atoms with Crippen molar-refractivity contribution in [2.75, 3.05) is 12.1 Å². The minimum absolute atomic E-state index is 0.0940. The van der Waals surface area contributed by atoms with Crippen LogP contribution in [0.4, 0.5) is 5.69 Å². The van der Waals surface area contributed by atoms with Gasteiger partial charge in [-0.3, -0.25) is 9.59 Å². The number of hydrazone groups is 1. The topological polar surface area (TPSA) is 71.0 Å². The molecule has 0 fully saturated rings. The first-order chi connectivity index (χ1) is 8.60. The van der Waals surface area contributed by atoms with Crippen molar-refractivity contribution < 1.29 is 14.3 Å². The third kappa shape index (κ3) is 2.48. The van der Waals surface area contributed by atoms with Gasteiger partial charge in [-0.15, -0.1) is 0 Å². The summed E-state index contributed by atoms with van der Waals surface area (Å²) in [5.41, 5.74) is 0.611. The molecule has 0 spiro atoms. The Labute approximate surface area is 104 Å². The van der Waals surface area contributed by atoms with E-state index in [0.29, 0.717) is 17.3 Å². The summed E-state index contributed by atoms with van der Waals surface area (Å²) in [4.78, 5) is 22.7. The van der Waals surface area contributed by atoms with Crippen molar-refractivity contribution in [3.05, 3.63) is 24.3 Å². The fourth-order valence-electron chi connectivity index (χ4n) is 1.65. The normalized spacial score (nSPS) is 14.4. The number of amidine groups is 1. The van der Waals surface area contributed by atoms with Crippen LogP contribution >= 0.6 is 0 Å². The molecule has 1 aliphatic heterocycles. The van der Waals surface area contributed by atoms with Crippen LogP contribution in [0.5, 0.6) is 5.75 Å². The van der Waals surface area contributed by atoms with Crippen LogP contribution in [0.1, 0.15) is 13.3 Å². The van der Waals surface area contributed by atoms with Crippen LogP contribution in [0.25, 0.3) is 0 Å². The fourth-order valence-corrected chi connectivity index (χ4v) is 1.65. The van der Waals surface area contributed by atoms with Gasteiger partial charge in [0.25, 0.3) is 5.91 Å². The molecule has 1 aliphatic rings. The molecule has 18 heavy (non-hydrogen) atoms. The maximum Gasteiger partial charge on any atom is 0.255 e. The lowest BCUT2D eigenvalue weighted by atomic mass is 10.3. The first-order valence-electron chi connectivity index (χ1n) is 5.42. The van der Waals surface area contributed by atoms with Gasteiger partial charge in [0, 0.05) is 13.0 Å². The van der Waals surface area contributed by atoms with Crippen LogP contribution in [0, 0.1) is 0 Å². The molecular weight excluding hydrogens is 234 g/mol. The molecule has 1 aromatic carbocycles. The Morgan fingerprint density at radius 1 is 1.50 bits per heavy atom. The Bertz CT molecular complexity index is 525. The summed E-state index contributed by atoms with van der Waals surface area (Å²) in [6.07, 6.45) is 0.0940. The van der Waals surface area contributed by atoms with E-state index < -0.39 is 0 Å². The highest BCUT2D eigenvalue weighted by atomic mass is 16.5. The van der Waals surface area contributed by atoms with Crippen molar-refractivity contribution in [3.63, 3.8) is 0 Å². The zero-order valence-corrected chi connectivity index (χ0v) is 10.1. The summed E-state index contributed by atoms with van der Waals surface area (Å²) in [5, 5.41) is 7.84. The van der Waals surface area contributed by atoms with Gasteiger partial charge in [-0.25, -0.2) is 0 Å². The summed E-state index contributed by atoms with van der Waals surface area (Å²) in [6, 6.07) is 7.01. The van der Waals surface area contributed by atoms with Crippen LogP contribution in [0.3, 0.4) is 0 Å². The van der Waals surface area contributed by atoms with Crippen LogP contribution in [0.2, 0.25) is 0 Å². The number of methoxy groups -OCH3 is 1. The van der Waals surface area contributed by atoms with Crippen LogP contribution < -0.4 is 15.1 Å². The zero-order chi connectivity index (χ0) is 13.1. The van der Waals surface area contributed by atoms with Crippen molar-refractivity contribution in [2.45, 2.75) is 13.3 Å². The summed E-state index contributed by atoms with van der Waals surface area (Å²) in [5.74, 6) is 0.569. The van der Waals surface area contributed by atoms with E-state index in [0.717, 1.165) is 0 Å². The molecule has 0 radical (unpaired) electrons. The van der Waals surface area contributed by atoms with Gasteiger partial charge in [-0.2, -0.15) is 10.1 Å². The maximum absolute atomic E-state index is 11.8. The molecule has 0 bridgehead atoms. The number of hydrogen-bond acceptors (Lipinski definition) is 4. The Morgan fingerprint density at radius 3 is 2.94 bits per heavy atom. The number of benzene rings is 1. The molecule has 1 N–H and O–H groups in total. The molecule has 6 nitrogen and oxygen atoms in total. The maximum atomic E-state index is 11.8. The zero-order valence-electron chi connectivity index (χ0n) is 10.1. The highest BCUT2D eigenvalue weighted by molar-refractivity contribution is 6.15. The minimum atomic E-state index is -0.242. The van der Waals surface area contributed by atoms with Gasteiger partial charge in [-0.05, 0) is 12.1 Å². The third-order valence-electron chi connectivity index (χ3n) is 2.39. The SMILES string of the molecule is COc1cccc(N2N=C(NC(C)=O)CC2=O)c1. The van der Waals surface area contributed by atoms with Gasteiger partial charge in [0.1, 0.15) is 11.6 Å². The Hall–Kier alpha value is -2.37. The summed E-state index contributed by atoms with van der Waals surface area (Å²) in [7, 11) is 1.55. The molecule has 1 aromatic rings. The molecule has 1 heterocycles. The lowest BCUT2D eigenvalue weighted by molar-refractivity contribution is -0.117. The Kier molecular flexibility index (Phi) is 3.27. The van der Waals surface area contributed by atoms with Gasteiger partial charge in [-0.1, -0.05) is 6.07 Å². The number of ether oxygens (including phenoxy) is 1. The van der Waals surface area contributed by atoms with Crippen LogP contribution in [0.15, 0.2) is 29.4 Å². The quantitative estimate of drug-likeness (QED) is 0.843. The third-order valence-corrected chi connectivity index (χ3v) is 2.39. The van der Waals surface area contributed by atoms with Gasteiger partial charge in [0.05, 0.1) is 19.2 Å². The average molecular weight is 247 g/mol. The second-order valence-corrected chi connectivity index (χ2v) is 3.81. The Morgan fingerprint density at radius 2 is 2.28 bits per heavy atom. The Balaban J connectivity index is 2.24. The molecule has 0 saturated carbocycles. The van der Waals surface area contributed by atoms with E-state index in [4.69, 9.17) is 4.74 Å². The average Bonchev–Trinajstić information content (AvgIpc) is 2.69. The number of amides is 2. The van der Waals surface area contributed by atoms with Crippen LogP contribution in [-0.2, 0) is 9.59 Å². The molecule has 0 unspecified atom stereocenters. The standard InChI is InChI=1S/C12H13N3O3/c1-8(16)13-11-7-12(17)15(14-11)9-4-3-5-10(6-9)18-2/h3-6H,7H2,1-2H3,(H,13,14,16). The van der Waals surface area contributed by atoms with Gasteiger partial charge in [0.15, 0.2) is 0 Å². The lowest BCUT2D eigenvalue weighted by Gasteiger charge is -2.12. The second kappa shape index (κ2) is 4.87. The van der Waals surface area contributed by atoms with E-state index in [-0.39, 0.29) is 18.2 Å². The number of hydrogen-bond donors (Lipinski definition) is 1. The van der Waals surface area contributed by atoms with Crippen molar-refractivity contribution in [3.8, 4) is 5.75 Å². The first-order valence-corrected chi connectivity index (χ1v) is 5.42. The van der Waals surface area contributed by atoms with Gasteiger partial charge >= 0.3 is 0 Å². The molecule has 2 rings (SSSR count). The monoisotopic (exact) mass is 247 g/mol. The molecule has 0 aliphatic carbocycles. The molecule has 0 aromatic heterocycles. The minimum Gasteiger partial charge on any atom is -0.497 e. The number of carbonyl (C=O) groups is 2. The molecule has 2 amide bonds. The number of carbonyl (C=O) groups excluding carboxylic acids is 2. The van der Waals surface area contributed by atoms with Crippen molar-refractivity contribution in [2.24, 2.45) is 5.10 Å². The van der Waals surface area contributed by atoms with Crippen molar-refractivity contribution in [1.82, 2.24) is 5.32 Å². The largest absolute Gasteiger partial charge is 0.497 e. The van der Waals surface area contributed by atoms with E-state index in [1.54, 1.807) is 31.4 Å². The number of nitrogens with zero attached hydrogens (tertiary/aromatic N) is 2. The van der Waals surface area contributed by atoms with E-state index in [1.165, 1.54) is 11.9 Å². The number of nitrogens with one attached hydrogen (secondary N) is 1. The first kappa shape index (κ1) is 12.1. The van der Waals surface area contributed by atoms with E-state index in [9.17, 15) is 9.59 Å². The van der Waals surface area contributed by atoms with Crippen LogP contribution in [-0.4, -0.2) is 24.8 Å². The van der Waals surface area contributed by atoms with E-state index in [2.05, 4.69) is 10.4 Å². The van der Waals surface area contributed by atoms with E-state index >= 15 is 0 Å². The van der Waals surface area contributed by atoms with Crippen molar-refractivity contribution >= 4 is 23.3 Å². The summed E-state index contributed by atoms with van der Waals surface area (Å²) < 4.78 is 5.08. The smallest absolute Gasteiger partial charge is 0.255 e. The van der Waals surface area contributed by atoms with Gasteiger partial charge in [0.2, 0.25) is 5.91 Å². The molecule has 94 valence electrons. The second-order valence-electron chi connectivity index (χ2n) is 3.81. The summed E-state index contributed by atoms with van der Waals surface area (Å²) in [6.45, 7) is 1.38. The molecule has 0 atom stereocenters. The predicted octanol–water partition coefficient (Wildman–Crippen LogP) is 0.881. The highest BCUT2D eigenvalue weighted by Gasteiger charge is 2.25. The van der Waals surface area contributed by atoms with Gasteiger partial charge < -0.3 is 10.1 Å². The van der Waals surface area contributed by atoms with E-state index in [1.807, 2.05) is 0 Å². The van der Waals surface area contributed by atoms with Crippen molar-refractivity contribution in [1.29, 1.82) is 0 Å². The summed E-state index contributed by atoms with van der Waals surface area (Å²) >= 11 is 0. The molecule has 0 saturated heterocycles. The lowest BCUT2D eigenvalue weighted by Crippen LogP contribution is -2.27. The number of anilines is 1. The molecule has 6 heteroatoms.